The second-order valence-electron chi connectivity index (χ2n) is 3.91. The minimum absolute atomic E-state index is 0.0246. The molecule has 0 unspecified atom stereocenters. The van der Waals surface area contributed by atoms with E-state index in [0.717, 1.165) is 5.56 Å². The third kappa shape index (κ3) is 2.87. The van der Waals surface area contributed by atoms with Gasteiger partial charge in [0, 0.05) is 5.56 Å². The van der Waals surface area contributed by atoms with E-state index in [-0.39, 0.29) is 12.5 Å². The lowest BCUT2D eigenvalue weighted by Crippen LogP contribution is -2.11. The minimum atomic E-state index is -0.381. The van der Waals surface area contributed by atoms with E-state index in [0.29, 0.717) is 17.3 Å². The summed E-state index contributed by atoms with van der Waals surface area (Å²) in [6.07, 6.45) is 1.48. The van der Waals surface area contributed by atoms with E-state index in [9.17, 15) is 4.79 Å². The Bertz CT molecular complexity index is 609. The molecule has 0 atom stereocenters. The van der Waals surface area contributed by atoms with Gasteiger partial charge in [0.15, 0.2) is 17.3 Å². The molecule has 0 saturated carbocycles. The van der Waals surface area contributed by atoms with Crippen LogP contribution in [0.25, 0.3) is 11.4 Å². The summed E-state index contributed by atoms with van der Waals surface area (Å²) in [4.78, 5) is 15.3. The van der Waals surface area contributed by atoms with E-state index in [4.69, 9.17) is 9.47 Å². The number of esters is 1. The fourth-order valence-corrected chi connectivity index (χ4v) is 1.68. The fraction of sp³-hybridized carbons (Fsp3) is 0.308. The molecular weight excluding hydrogens is 262 g/mol. The standard InChI is InChI=1S/C13H15N3O4/c1-18-10-5-4-9(6-11(10)19-2)13-14-8-16(15-13)7-12(17)20-3/h4-6,8H,7H2,1-3H3. The number of carbonyl (C=O) groups is 1. The Kier molecular flexibility index (Phi) is 4.19. The lowest BCUT2D eigenvalue weighted by Gasteiger charge is -2.07. The van der Waals surface area contributed by atoms with Crippen LogP contribution in [0.1, 0.15) is 0 Å². The number of hydrogen-bond acceptors (Lipinski definition) is 6. The van der Waals surface area contributed by atoms with Crippen molar-refractivity contribution in [1.82, 2.24) is 14.8 Å². The fourth-order valence-electron chi connectivity index (χ4n) is 1.68. The Morgan fingerprint density at radius 2 is 1.95 bits per heavy atom. The van der Waals surface area contributed by atoms with Crippen molar-refractivity contribution in [1.29, 1.82) is 0 Å². The first-order valence-electron chi connectivity index (χ1n) is 5.86. The summed E-state index contributed by atoms with van der Waals surface area (Å²) in [5, 5.41) is 4.21. The van der Waals surface area contributed by atoms with Crippen molar-refractivity contribution in [3.63, 3.8) is 0 Å². The molecule has 2 aromatic rings. The lowest BCUT2D eigenvalue weighted by molar-refractivity contribution is -0.141. The van der Waals surface area contributed by atoms with Crippen LogP contribution in [0.4, 0.5) is 0 Å². The molecule has 1 aromatic heterocycles. The number of ether oxygens (including phenoxy) is 3. The number of aromatic nitrogens is 3. The molecule has 0 bridgehead atoms. The van der Waals surface area contributed by atoms with Crippen LogP contribution in [0, 0.1) is 0 Å². The van der Waals surface area contributed by atoms with Gasteiger partial charge in [0.05, 0.1) is 21.3 Å². The van der Waals surface area contributed by atoms with Crippen molar-refractivity contribution >= 4 is 5.97 Å². The van der Waals surface area contributed by atoms with Crippen LogP contribution in [-0.2, 0) is 16.1 Å². The highest BCUT2D eigenvalue weighted by Crippen LogP contribution is 2.30. The molecule has 0 N–H and O–H groups in total. The van der Waals surface area contributed by atoms with E-state index in [1.54, 1.807) is 26.4 Å². The first-order valence-corrected chi connectivity index (χ1v) is 5.86. The van der Waals surface area contributed by atoms with Crippen molar-refractivity contribution in [2.45, 2.75) is 6.54 Å². The van der Waals surface area contributed by atoms with Crippen LogP contribution in [0.2, 0.25) is 0 Å². The van der Waals surface area contributed by atoms with Gasteiger partial charge in [-0.15, -0.1) is 0 Å². The molecule has 7 nitrogen and oxygen atoms in total. The maximum Gasteiger partial charge on any atom is 0.327 e. The van der Waals surface area contributed by atoms with Crippen molar-refractivity contribution in [3.05, 3.63) is 24.5 Å². The van der Waals surface area contributed by atoms with Crippen LogP contribution in [-0.4, -0.2) is 42.1 Å². The summed E-state index contributed by atoms with van der Waals surface area (Å²) < 4.78 is 16.4. The summed E-state index contributed by atoms with van der Waals surface area (Å²) in [6, 6.07) is 5.37. The molecule has 0 aliphatic heterocycles. The number of hydrogen-bond donors (Lipinski definition) is 0. The van der Waals surface area contributed by atoms with Gasteiger partial charge in [0.1, 0.15) is 12.9 Å². The normalized spacial score (nSPS) is 10.2. The lowest BCUT2D eigenvalue weighted by atomic mass is 10.2. The average molecular weight is 277 g/mol. The first-order chi connectivity index (χ1) is 9.67. The third-order valence-electron chi connectivity index (χ3n) is 2.70. The predicted molar refractivity (Wildman–Crippen MR) is 70.6 cm³/mol. The zero-order valence-electron chi connectivity index (χ0n) is 11.5. The Morgan fingerprint density at radius 1 is 1.20 bits per heavy atom. The molecule has 20 heavy (non-hydrogen) atoms. The maximum absolute atomic E-state index is 11.2. The van der Waals surface area contributed by atoms with E-state index in [2.05, 4.69) is 14.8 Å². The molecule has 1 heterocycles. The Morgan fingerprint density at radius 3 is 2.60 bits per heavy atom. The van der Waals surface area contributed by atoms with E-state index >= 15 is 0 Å². The molecular formula is C13H15N3O4. The van der Waals surface area contributed by atoms with E-state index in [1.165, 1.54) is 18.1 Å². The topological polar surface area (TPSA) is 75.5 Å². The second-order valence-corrected chi connectivity index (χ2v) is 3.91. The van der Waals surface area contributed by atoms with Gasteiger partial charge in [0.25, 0.3) is 0 Å². The molecule has 2 rings (SSSR count). The van der Waals surface area contributed by atoms with Crippen LogP contribution in [0.3, 0.4) is 0 Å². The molecule has 0 aliphatic rings. The molecule has 0 saturated heterocycles. The van der Waals surface area contributed by atoms with Crippen LogP contribution >= 0.6 is 0 Å². The monoisotopic (exact) mass is 277 g/mol. The summed E-state index contributed by atoms with van der Waals surface area (Å²) >= 11 is 0. The molecule has 0 aliphatic carbocycles. The van der Waals surface area contributed by atoms with Gasteiger partial charge in [0.2, 0.25) is 0 Å². The van der Waals surface area contributed by atoms with Gasteiger partial charge >= 0.3 is 5.97 Å². The van der Waals surface area contributed by atoms with Gasteiger partial charge in [-0.25, -0.2) is 9.67 Å². The quantitative estimate of drug-likeness (QED) is 0.763. The van der Waals surface area contributed by atoms with Crippen molar-refractivity contribution in [3.8, 4) is 22.9 Å². The zero-order chi connectivity index (χ0) is 14.5. The molecule has 0 radical (unpaired) electrons. The first kappa shape index (κ1) is 13.9. The van der Waals surface area contributed by atoms with Crippen LogP contribution in [0.5, 0.6) is 11.5 Å². The number of methoxy groups -OCH3 is 3. The highest BCUT2D eigenvalue weighted by molar-refractivity contribution is 5.69. The predicted octanol–water partition coefficient (Wildman–Crippen LogP) is 1.14. The molecule has 0 fully saturated rings. The van der Waals surface area contributed by atoms with Gasteiger partial charge in [-0.3, -0.25) is 4.79 Å². The number of benzene rings is 1. The number of nitrogens with zero attached hydrogens (tertiary/aromatic N) is 3. The van der Waals surface area contributed by atoms with Gasteiger partial charge in [-0.2, -0.15) is 5.10 Å². The molecule has 0 spiro atoms. The Balaban J connectivity index is 2.25. The smallest absolute Gasteiger partial charge is 0.327 e. The van der Waals surface area contributed by atoms with Crippen LogP contribution < -0.4 is 9.47 Å². The van der Waals surface area contributed by atoms with Crippen LogP contribution in [0.15, 0.2) is 24.5 Å². The largest absolute Gasteiger partial charge is 0.493 e. The van der Waals surface area contributed by atoms with Crippen molar-refractivity contribution < 1.29 is 19.0 Å². The van der Waals surface area contributed by atoms with E-state index < -0.39 is 0 Å². The van der Waals surface area contributed by atoms with Gasteiger partial charge in [-0.05, 0) is 18.2 Å². The summed E-state index contributed by atoms with van der Waals surface area (Å²) in [5.74, 6) is 1.34. The summed E-state index contributed by atoms with van der Waals surface area (Å²) in [5.41, 5.74) is 0.770. The van der Waals surface area contributed by atoms with Crippen molar-refractivity contribution in [2.75, 3.05) is 21.3 Å². The number of carbonyl (C=O) groups excluding carboxylic acids is 1. The number of rotatable bonds is 5. The Hall–Kier alpha value is -2.57. The van der Waals surface area contributed by atoms with Crippen molar-refractivity contribution in [2.24, 2.45) is 0 Å². The summed E-state index contributed by atoms with van der Waals surface area (Å²) in [7, 11) is 4.46. The molecule has 7 heteroatoms. The maximum atomic E-state index is 11.2. The second kappa shape index (κ2) is 6.05. The zero-order valence-corrected chi connectivity index (χ0v) is 11.5. The average Bonchev–Trinajstić information content (AvgIpc) is 2.94. The molecule has 106 valence electrons. The Labute approximate surface area is 116 Å². The van der Waals surface area contributed by atoms with E-state index in [1.807, 2.05) is 6.07 Å². The van der Waals surface area contributed by atoms with Gasteiger partial charge < -0.3 is 14.2 Å². The third-order valence-corrected chi connectivity index (χ3v) is 2.70. The molecule has 1 aromatic carbocycles. The SMILES string of the molecule is COC(=O)Cn1cnc(-c2ccc(OC)c(OC)c2)n1. The summed E-state index contributed by atoms with van der Waals surface area (Å²) in [6.45, 7) is 0.0246. The van der Waals surface area contributed by atoms with Gasteiger partial charge in [-0.1, -0.05) is 0 Å². The molecule has 0 amide bonds. The minimum Gasteiger partial charge on any atom is -0.493 e. The highest BCUT2D eigenvalue weighted by Gasteiger charge is 2.11. The highest BCUT2D eigenvalue weighted by atomic mass is 16.5.